The van der Waals surface area contributed by atoms with Crippen molar-refractivity contribution in [1.29, 1.82) is 0 Å². The van der Waals surface area contributed by atoms with E-state index < -0.39 is 6.04 Å². The molecule has 1 heterocycles. The Kier molecular flexibility index (Phi) is 8.24. The summed E-state index contributed by atoms with van der Waals surface area (Å²) < 4.78 is 5.19. The minimum Gasteiger partial charge on any atom is -0.497 e. The van der Waals surface area contributed by atoms with Gasteiger partial charge in [0.1, 0.15) is 17.6 Å². The molecular formula is C26H33N5O2. The molecule has 0 saturated heterocycles. The van der Waals surface area contributed by atoms with Crippen molar-refractivity contribution in [3.63, 3.8) is 0 Å². The maximum Gasteiger partial charge on any atom is 0.246 e. The van der Waals surface area contributed by atoms with Gasteiger partial charge in [-0.2, -0.15) is 4.98 Å². The third kappa shape index (κ3) is 7.20. The number of anilines is 3. The summed E-state index contributed by atoms with van der Waals surface area (Å²) in [5.74, 6) is 2.10. The topological polar surface area (TPSA) is 88.2 Å². The van der Waals surface area contributed by atoms with Crippen molar-refractivity contribution in [2.45, 2.75) is 46.7 Å². The average Bonchev–Trinajstić information content (AvgIpc) is 2.78. The average molecular weight is 448 g/mol. The minimum absolute atomic E-state index is 0.112. The first-order valence-corrected chi connectivity index (χ1v) is 11.2. The molecular weight excluding hydrogens is 414 g/mol. The summed E-state index contributed by atoms with van der Waals surface area (Å²) in [5.41, 5.74) is 3.94. The molecule has 1 aromatic heterocycles. The maximum absolute atomic E-state index is 13.1. The van der Waals surface area contributed by atoms with Crippen LogP contribution < -0.4 is 20.7 Å². The van der Waals surface area contributed by atoms with Gasteiger partial charge in [0.2, 0.25) is 11.9 Å². The molecule has 7 nitrogen and oxygen atoms in total. The van der Waals surface area contributed by atoms with Crippen LogP contribution in [0.15, 0.2) is 54.6 Å². The first-order valence-electron chi connectivity index (χ1n) is 11.2. The molecule has 3 aromatic rings. The zero-order valence-corrected chi connectivity index (χ0v) is 20.0. The van der Waals surface area contributed by atoms with Gasteiger partial charge in [-0.3, -0.25) is 4.79 Å². The lowest BCUT2D eigenvalue weighted by Crippen LogP contribution is -2.36. The molecule has 0 unspecified atom stereocenters. The van der Waals surface area contributed by atoms with Crippen LogP contribution in [0.25, 0.3) is 0 Å². The highest BCUT2D eigenvalue weighted by Crippen LogP contribution is 2.19. The van der Waals surface area contributed by atoms with E-state index in [0.717, 1.165) is 17.1 Å². The van der Waals surface area contributed by atoms with Crippen LogP contribution in [0.2, 0.25) is 0 Å². The van der Waals surface area contributed by atoms with E-state index in [9.17, 15) is 4.79 Å². The van der Waals surface area contributed by atoms with Gasteiger partial charge in [0.05, 0.1) is 7.11 Å². The number of carbonyl (C=O) groups excluding carboxylic acids is 1. The quantitative estimate of drug-likeness (QED) is 0.397. The van der Waals surface area contributed by atoms with Crippen molar-refractivity contribution in [3.05, 3.63) is 71.4 Å². The Hall–Kier alpha value is -3.61. The zero-order valence-electron chi connectivity index (χ0n) is 20.0. The molecule has 2 aromatic carbocycles. The van der Waals surface area contributed by atoms with Gasteiger partial charge < -0.3 is 20.7 Å². The molecule has 3 N–H and O–H groups in total. The fraction of sp³-hybridized carbons (Fsp3) is 0.346. The standard InChI is InChI=1S/C26H33N5O2/c1-17(2)14-23(25(32)29-21-10-12-22(33-5)13-11-21)30-24-15-19(4)28-26(31-24)27-16-20-9-7-6-8-18(20)3/h6-13,15,17,23H,14,16H2,1-5H3,(H,29,32)(H2,27,28,30,31)/t23-/m0/s1. The van der Waals surface area contributed by atoms with Gasteiger partial charge >= 0.3 is 0 Å². The van der Waals surface area contributed by atoms with Crippen molar-refractivity contribution < 1.29 is 9.53 Å². The molecule has 0 bridgehead atoms. The molecule has 0 spiro atoms. The van der Waals surface area contributed by atoms with E-state index in [1.165, 1.54) is 11.1 Å². The second kappa shape index (κ2) is 11.3. The van der Waals surface area contributed by atoms with Crippen molar-refractivity contribution in [2.75, 3.05) is 23.1 Å². The number of hydrogen-bond donors (Lipinski definition) is 3. The van der Waals surface area contributed by atoms with E-state index in [4.69, 9.17) is 4.74 Å². The molecule has 1 amide bonds. The smallest absolute Gasteiger partial charge is 0.246 e. The molecule has 0 radical (unpaired) electrons. The van der Waals surface area contributed by atoms with E-state index in [0.29, 0.717) is 30.6 Å². The Bertz CT molecular complexity index is 1070. The van der Waals surface area contributed by atoms with Crippen molar-refractivity contribution >= 4 is 23.4 Å². The van der Waals surface area contributed by atoms with Crippen LogP contribution >= 0.6 is 0 Å². The number of methoxy groups -OCH3 is 1. The highest BCUT2D eigenvalue weighted by Gasteiger charge is 2.21. The molecule has 7 heteroatoms. The Morgan fingerprint density at radius 1 is 1.03 bits per heavy atom. The summed E-state index contributed by atoms with van der Waals surface area (Å²) in [6, 6.07) is 16.9. The third-order valence-corrected chi connectivity index (χ3v) is 5.26. The van der Waals surface area contributed by atoms with E-state index in [1.54, 1.807) is 7.11 Å². The van der Waals surface area contributed by atoms with Crippen molar-refractivity contribution in [3.8, 4) is 5.75 Å². The molecule has 1 atom stereocenters. The number of hydrogen-bond acceptors (Lipinski definition) is 6. The Balaban J connectivity index is 1.72. The second-order valence-electron chi connectivity index (χ2n) is 8.54. The summed E-state index contributed by atoms with van der Waals surface area (Å²) in [6.07, 6.45) is 0.664. The number of ether oxygens (including phenoxy) is 1. The van der Waals surface area contributed by atoms with Gasteiger partial charge in [-0.1, -0.05) is 38.1 Å². The predicted octanol–water partition coefficient (Wildman–Crippen LogP) is 5.18. The van der Waals surface area contributed by atoms with Crippen LogP contribution in [0.4, 0.5) is 17.5 Å². The second-order valence-corrected chi connectivity index (χ2v) is 8.54. The molecule has 0 saturated carbocycles. The summed E-state index contributed by atoms with van der Waals surface area (Å²) in [7, 11) is 1.62. The molecule has 0 aliphatic heterocycles. The first kappa shape index (κ1) is 24.0. The van der Waals surface area contributed by atoms with Crippen LogP contribution in [-0.4, -0.2) is 29.0 Å². The van der Waals surface area contributed by atoms with E-state index >= 15 is 0 Å². The predicted molar refractivity (Wildman–Crippen MR) is 134 cm³/mol. The summed E-state index contributed by atoms with van der Waals surface area (Å²) >= 11 is 0. The zero-order chi connectivity index (χ0) is 23.8. The highest BCUT2D eigenvalue weighted by atomic mass is 16.5. The summed E-state index contributed by atoms with van der Waals surface area (Å²) in [5, 5.41) is 9.60. The lowest BCUT2D eigenvalue weighted by molar-refractivity contribution is -0.117. The number of carbonyl (C=O) groups is 1. The van der Waals surface area contributed by atoms with Gasteiger partial charge in [-0.05, 0) is 61.6 Å². The van der Waals surface area contributed by atoms with Crippen molar-refractivity contribution in [2.24, 2.45) is 5.92 Å². The van der Waals surface area contributed by atoms with Crippen LogP contribution in [-0.2, 0) is 11.3 Å². The Morgan fingerprint density at radius 2 is 1.76 bits per heavy atom. The van der Waals surface area contributed by atoms with Gasteiger partial charge in [0, 0.05) is 24.0 Å². The largest absolute Gasteiger partial charge is 0.497 e. The number of nitrogens with one attached hydrogen (secondary N) is 3. The lowest BCUT2D eigenvalue weighted by atomic mass is 10.0. The number of amides is 1. The summed E-state index contributed by atoms with van der Waals surface area (Å²) in [6.45, 7) is 8.81. The molecule has 0 fully saturated rings. The van der Waals surface area contributed by atoms with Crippen molar-refractivity contribution in [1.82, 2.24) is 9.97 Å². The van der Waals surface area contributed by atoms with Gasteiger partial charge in [0.25, 0.3) is 0 Å². The number of rotatable bonds is 10. The number of benzene rings is 2. The first-order chi connectivity index (χ1) is 15.8. The SMILES string of the molecule is COc1ccc(NC(=O)[C@H](CC(C)C)Nc2cc(C)nc(NCc3ccccc3C)n2)cc1. The van der Waals surface area contributed by atoms with Crippen LogP contribution in [0.3, 0.4) is 0 Å². The van der Waals surface area contributed by atoms with Gasteiger partial charge in [0.15, 0.2) is 0 Å². The van der Waals surface area contributed by atoms with Gasteiger partial charge in [-0.25, -0.2) is 4.98 Å². The Labute approximate surface area is 196 Å². The molecule has 0 aliphatic rings. The lowest BCUT2D eigenvalue weighted by Gasteiger charge is -2.21. The normalized spacial score (nSPS) is 11.7. The molecule has 33 heavy (non-hydrogen) atoms. The highest BCUT2D eigenvalue weighted by molar-refractivity contribution is 5.96. The molecule has 3 rings (SSSR count). The Morgan fingerprint density at radius 3 is 2.42 bits per heavy atom. The monoisotopic (exact) mass is 447 g/mol. The van der Waals surface area contributed by atoms with Crippen LogP contribution in [0, 0.1) is 19.8 Å². The summed E-state index contributed by atoms with van der Waals surface area (Å²) in [4.78, 5) is 22.2. The number of aromatic nitrogens is 2. The van der Waals surface area contributed by atoms with Crippen LogP contribution in [0.1, 0.15) is 37.1 Å². The minimum atomic E-state index is -0.439. The fourth-order valence-electron chi connectivity index (χ4n) is 3.49. The fourth-order valence-corrected chi connectivity index (χ4v) is 3.49. The molecule has 174 valence electrons. The maximum atomic E-state index is 13.1. The number of aryl methyl sites for hydroxylation is 2. The van der Waals surface area contributed by atoms with Gasteiger partial charge in [-0.15, -0.1) is 0 Å². The van der Waals surface area contributed by atoms with Crippen LogP contribution in [0.5, 0.6) is 5.75 Å². The molecule has 0 aliphatic carbocycles. The third-order valence-electron chi connectivity index (χ3n) is 5.26. The van der Waals surface area contributed by atoms with E-state index in [1.807, 2.05) is 49.4 Å². The van der Waals surface area contributed by atoms with E-state index in [2.05, 4.69) is 58.8 Å². The number of nitrogens with zero attached hydrogens (tertiary/aromatic N) is 2. The van der Waals surface area contributed by atoms with E-state index in [-0.39, 0.29) is 5.91 Å².